The molecule has 0 radical (unpaired) electrons. The van der Waals surface area contributed by atoms with Gasteiger partial charge < -0.3 is 5.32 Å². The van der Waals surface area contributed by atoms with Gasteiger partial charge in [-0.05, 0) is 25.1 Å². The van der Waals surface area contributed by atoms with Crippen LogP contribution in [0.5, 0.6) is 0 Å². The van der Waals surface area contributed by atoms with Crippen LogP contribution >= 0.6 is 28.7 Å². The topological polar surface area (TPSA) is 173 Å². The van der Waals surface area contributed by atoms with Gasteiger partial charge in [-0.3, -0.25) is 4.72 Å². The van der Waals surface area contributed by atoms with Crippen LogP contribution in [0.25, 0.3) is 0 Å². The van der Waals surface area contributed by atoms with Gasteiger partial charge in [0, 0.05) is 14.8 Å². The second-order valence-corrected chi connectivity index (χ2v) is 7.01. The number of sulfonamides is 1. The number of thiocarbonyl (C=S) groups is 1. The van der Waals surface area contributed by atoms with E-state index in [1.807, 2.05) is 6.07 Å². The molecule has 0 aliphatic rings. The molecule has 1 aromatic carbocycles. The van der Waals surface area contributed by atoms with Gasteiger partial charge >= 0.3 is 16.5 Å². The van der Waals surface area contributed by atoms with Crippen LogP contribution in [0.15, 0.2) is 24.3 Å². The summed E-state index contributed by atoms with van der Waals surface area (Å²) < 4.78 is 41.7. The lowest BCUT2D eigenvalue weighted by molar-refractivity contribution is 0.403. The smallest absolute Gasteiger partial charge is 0.350 e. The van der Waals surface area contributed by atoms with E-state index < -0.39 is 26.5 Å². The number of rotatable bonds is 3. The van der Waals surface area contributed by atoms with Gasteiger partial charge in [-0.2, -0.15) is 0 Å². The van der Waals surface area contributed by atoms with E-state index in [2.05, 4.69) is 10.0 Å². The molecule has 0 aromatic heterocycles. The minimum Gasteiger partial charge on any atom is -0.350 e. The average molecular weight is 406 g/mol. The van der Waals surface area contributed by atoms with Gasteiger partial charge in [-0.25, -0.2) is 8.42 Å². The van der Waals surface area contributed by atoms with Crippen molar-refractivity contribution in [1.29, 1.82) is 0 Å². The SMILES string of the molecule is CC(=S)Nc1cccc(NS(C)(=O)=O)c1.O=[P+](O)O.O=[P+](O)O. The molecule has 0 saturated carbocycles. The summed E-state index contributed by atoms with van der Waals surface area (Å²) in [6, 6.07) is 6.90. The van der Waals surface area contributed by atoms with Crippen molar-refractivity contribution in [2.45, 2.75) is 6.92 Å². The average Bonchev–Trinajstić information content (AvgIpc) is 2.23. The summed E-state index contributed by atoms with van der Waals surface area (Å²) in [5.74, 6) is 0. The second-order valence-electron chi connectivity index (χ2n) is 3.64. The van der Waals surface area contributed by atoms with E-state index in [9.17, 15) is 8.42 Å². The standard InChI is InChI=1S/C9H12N2O2S2.2HO3P/c1-7(14)10-8-4-3-5-9(6-8)11-15(2,12)13;2*1-4(2)3/h3-6,11H,1-2H3,(H,10,14);2*(H-,1,2,3)/p+2. The van der Waals surface area contributed by atoms with Crippen LogP contribution in [0.1, 0.15) is 6.92 Å². The maximum atomic E-state index is 11.0. The van der Waals surface area contributed by atoms with Crippen molar-refractivity contribution in [3.8, 4) is 0 Å². The minimum absolute atomic E-state index is 0.513. The molecule has 1 aromatic rings. The normalized spacial score (nSPS) is 9.30. The Morgan fingerprint density at radius 2 is 1.48 bits per heavy atom. The molecule has 0 fully saturated rings. The first-order valence-electron chi connectivity index (χ1n) is 5.39. The molecular weight excluding hydrogens is 390 g/mol. The van der Waals surface area contributed by atoms with Crippen LogP contribution in [-0.4, -0.2) is 39.2 Å². The van der Waals surface area contributed by atoms with Gasteiger partial charge in [0.2, 0.25) is 10.0 Å². The lowest BCUT2D eigenvalue weighted by Gasteiger charge is -2.07. The molecule has 0 unspecified atom stereocenters. The molecule has 0 spiro atoms. The van der Waals surface area contributed by atoms with Crippen LogP contribution in [0.3, 0.4) is 0 Å². The number of hydrogen-bond acceptors (Lipinski definition) is 5. The van der Waals surface area contributed by atoms with E-state index in [0.717, 1.165) is 11.9 Å². The Morgan fingerprint density at radius 3 is 1.83 bits per heavy atom. The molecule has 14 heteroatoms. The van der Waals surface area contributed by atoms with Crippen LogP contribution in [0.2, 0.25) is 0 Å². The third-order valence-corrected chi connectivity index (χ3v) is 2.19. The molecule has 23 heavy (non-hydrogen) atoms. The van der Waals surface area contributed by atoms with E-state index in [1.54, 1.807) is 25.1 Å². The fourth-order valence-corrected chi connectivity index (χ4v) is 1.75. The Balaban J connectivity index is 0. The van der Waals surface area contributed by atoms with Gasteiger partial charge in [-0.15, -0.1) is 19.6 Å². The first-order chi connectivity index (χ1) is 10.3. The molecule has 130 valence electrons. The minimum atomic E-state index is -3.23. The molecule has 0 heterocycles. The highest BCUT2D eigenvalue weighted by Gasteiger charge is 2.02. The van der Waals surface area contributed by atoms with Crippen LogP contribution in [0, 0.1) is 0 Å². The van der Waals surface area contributed by atoms with Crippen molar-refractivity contribution in [3.63, 3.8) is 0 Å². The summed E-state index contributed by atoms with van der Waals surface area (Å²) in [7, 11) is -8.97. The first-order valence-corrected chi connectivity index (χ1v) is 10.0. The predicted molar refractivity (Wildman–Crippen MR) is 90.9 cm³/mol. The van der Waals surface area contributed by atoms with Crippen molar-refractivity contribution in [2.75, 3.05) is 16.3 Å². The highest BCUT2D eigenvalue weighted by molar-refractivity contribution is 7.92. The quantitative estimate of drug-likeness (QED) is 0.315. The third kappa shape index (κ3) is 23.3. The molecular formula is C9H16N2O8P2S2+2. The van der Waals surface area contributed by atoms with E-state index in [4.69, 9.17) is 40.9 Å². The fourth-order valence-electron chi connectivity index (χ4n) is 1.08. The number of hydrogen-bond donors (Lipinski definition) is 6. The maximum Gasteiger partial charge on any atom is 0.692 e. The second kappa shape index (κ2) is 12.3. The Labute approximate surface area is 140 Å². The molecule has 0 bridgehead atoms. The Morgan fingerprint density at radius 1 is 1.09 bits per heavy atom. The Hall–Kier alpha value is -1.10. The van der Waals surface area contributed by atoms with Crippen LogP contribution in [0.4, 0.5) is 11.4 Å². The van der Waals surface area contributed by atoms with Crippen molar-refractivity contribution < 1.29 is 37.1 Å². The number of anilines is 2. The molecule has 10 nitrogen and oxygen atoms in total. The van der Waals surface area contributed by atoms with Gasteiger partial charge in [0.1, 0.15) is 0 Å². The first kappa shape index (κ1) is 24.2. The molecule has 6 N–H and O–H groups in total. The van der Waals surface area contributed by atoms with Gasteiger partial charge in [-0.1, -0.05) is 18.3 Å². The molecule has 1 rings (SSSR count). The van der Waals surface area contributed by atoms with Gasteiger partial charge in [0.15, 0.2) is 0 Å². The molecule has 0 aliphatic heterocycles. The summed E-state index contributed by atoms with van der Waals surface area (Å²) in [5, 5.41) is 2.93. The zero-order chi connectivity index (χ0) is 18.6. The van der Waals surface area contributed by atoms with Crippen molar-refractivity contribution in [3.05, 3.63) is 24.3 Å². The Bertz CT molecular complexity index is 633. The van der Waals surface area contributed by atoms with E-state index in [1.165, 1.54) is 0 Å². The van der Waals surface area contributed by atoms with Crippen molar-refractivity contribution >= 4 is 55.1 Å². The summed E-state index contributed by atoms with van der Waals surface area (Å²) in [6.45, 7) is 1.76. The molecule has 0 amide bonds. The van der Waals surface area contributed by atoms with Gasteiger partial charge in [0.25, 0.3) is 0 Å². The zero-order valence-electron chi connectivity index (χ0n) is 11.9. The fraction of sp³-hybridized carbons (Fsp3) is 0.222. The lowest BCUT2D eigenvalue weighted by atomic mass is 10.3. The highest BCUT2D eigenvalue weighted by atomic mass is 32.2. The molecule has 0 atom stereocenters. The molecule has 0 aliphatic carbocycles. The Kier molecular flexibility index (Phi) is 13.0. The summed E-state index contributed by atoms with van der Waals surface area (Å²) in [6.07, 6.45) is 1.11. The summed E-state index contributed by atoms with van der Waals surface area (Å²) in [4.78, 5) is 29.1. The van der Waals surface area contributed by atoms with E-state index >= 15 is 0 Å². The third-order valence-electron chi connectivity index (χ3n) is 1.49. The van der Waals surface area contributed by atoms with E-state index in [0.29, 0.717) is 10.7 Å². The van der Waals surface area contributed by atoms with E-state index in [-0.39, 0.29) is 0 Å². The predicted octanol–water partition coefficient (Wildman–Crippen LogP) is 1.07. The van der Waals surface area contributed by atoms with Crippen LogP contribution < -0.4 is 10.0 Å². The highest BCUT2D eigenvalue weighted by Crippen LogP contribution is 2.15. The van der Waals surface area contributed by atoms with Crippen molar-refractivity contribution in [2.24, 2.45) is 0 Å². The van der Waals surface area contributed by atoms with Crippen molar-refractivity contribution in [1.82, 2.24) is 0 Å². The number of nitrogens with one attached hydrogen (secondary N) is 2. The zero-order valence-corrected chi connectivity index (χ0v) is 15.4. The van der Waals surface area contributed by atoms with Gasteiger partial charge in [0.05, 0.1) is 16.9 Å². The lowest BCUT2D eigenvalue weighted by Crippen LogP contribution is -2.10. The summed E-state index contributed by atoms with van der Waals surface area (Å²) >= 11 is 4.88. The monoisotopic (exact) mass is 406 g/mol. The van der Waals surface area contributed by atoms with Crippen LogP contribution in [-0.2, 0) is 19.2 Å². The largest absolute Gasteiger partial charge is 0.692 e. The summed E-state index contributed by atoms with van der Waals surface area (Å²) in [5.41, 5.74) is 1.27. The maximum absolute atomic E-state index is 11.0. The molecule has 0 saturated heterocycles. The number of benzene rings is 1.